The average Bonchev–Trinajstić information content (AvgIpc) is 2.32. The van der Waals surface area contributed by atoms with Crippen LogP contribution in [0.5, 0.6) is 0 Å². The van der Waals surface area contributed by atoms with Gasteiger partial charge in [-0.05, 0) is 24.6 Å². The molecule has 0 bridgehead atoms. The number of aromatic nitrogens is 1. The van der Waals surface area contributed by atoms with Crippen molar-refractivity contribution in [3.05, 3.63) is 29.6 Å². The lowest BCUT2D eigenvalue weighted by Crippen LogP contribution is -2.29. The number of alkyl halides is 6. The van der Waals surface area contributed by atoms with E-state index >= 15 is 0 Å². The lowest BCUT2D eigenvalue weighted by Gasteiger charge is -2.23. The largest absolute Gasteiger partial charge is 0.416 e. The number of halogens is 6. The van der Waals surface area contributed by atoms with Gasteiger partial charge in [0, 0.05) is 18.4 Å². The summed E-state index contributed by atoms with van der Waals surface area (Å²) in [6.45, 7) is 1.90. The molecular formula is C12H14F6N2. The van der Waals surface area contributed by atoms with E-state index in [1.165, 1.54) is 0 Å². The summed E-state index contributed by atoms with van der Waals surface area (Å²) >= 11 is 0. The third-order valence-corrected chi connectivity index (χ3v) is 2.61. The number of rotatable bonds is 5. The maximum Gasteiger partial charge on any atom is 0.416 e. The molecule has 0 saturated carbocycles. The zero-order valence-electron chi connectivity index (χ0n) is 10.6. The van der Waals surface area contributed by atoms with E-state index in [1.54, 1.807) is 6.92 Å². The van der Waals surface area contributed by atoms with Gasteiger partial charge in [-0.3, -0.25) is 4.98 Å². The van der Waals surface area contributed by atoms with Gasteiger partial charge in [-0.25, -0.2) is 0 Å². The molecule has 0 fully saturated rings. The molecule has 1 aromatic rings. The second-order valence-electron chi connectivity index (χ2n) is 4.29. The predicted molar refractivity (Wildman–Crippen MR) is 60.9 cm³/mol. The van der Waals surface area contributed by atoms with E-state index in [-0.39, 0.29) is 6.54 Å². The van der Waals surface area contributed by atoms with Gasteiger partial charge in [-0.15, -0.1) is 0 Å². The molecule has 1 N–H and O–H groups in total. The van der Waals surface area contributed by atoms with Crippen molar-refractivity contribution >= 4 is 0 Å². The van der Waals surface area contributed by atoms with E-state index in [9.17, 15) is 26.3 Å². The molecule has 0 aliphatic carbocycles. The summed E-state index contributed by atoms with van der Waals surface area (Å²) in [6, 6.07) is -0.771. The average molecular weight is 300 g/mol. The molecule has 8 heteroatoms. The van der Waals surface area contributed by atoms with Gasteiger partial charge in [0.25, 0.3) is 0 Å². The van der Waals surface area contributed by atoms with Crippen LogP contribution in [0.1, 0.15) is 36.9 Å². The zero-order valence-corrected chi connectivity index (χ0v) is 10.6. The Labute approximate surface area is 112 Å². The van der Waals surface area contributed by atoms with Crippen molar-refractivity contribution < 1.29 is 26.3 Å². The van der Waals surface area contributed by atoms with E-state index in [2.05, 4.69) is 10.3 Å². The quantitative estimate of drug-likeness (QED) is 0.828. The van der Waals surface area contributed by atoms with Crippen LogP contribution in [0.25, 0.3) is 0 Å². The van der Waals surface area contributed by atoms with Gasteiger partial charge in [0.1, 0.15) is 0 Å². The summed E-state index contributed by atoms with van der Waals surface area (Å²) in [6.07, 6.45) is -8.39. The van der Waals surface area contributed by atoms with Crippen molar-refractivity contribution in [2.24, 2.45) is 0 Å². The van der Waals surface area contributed by atoms with Crippen LogP contribution in [0.3, 0.4) is 0 Å². The maximum absolute atomic E-state index is 12.8. The van der Waals surface area contributed by atoms with Crippen LogP contribution in [-0.4, -0.2) is 17.7 Å². The Morgan fingerprint density at radius 2 is 1.85 bits per heavy atom. The summed E-state index contributed by atoms with van der Waals surface area (Å²) in [5, 5.41) is 2.49. The molecule has 0 radical (unpaired) electrons. The Hall–Kier alpha value is -1.31. The van der Waals surface area contributed by atoms with Crippen molar-refractivity contribution in [3.8, 4) is 0 Å². The van der Waals surface area contributed by atoms with Crippen LogP contribution >= 0.6 is 0 Å². The third kappa shape index (κ3) is 4.99. The highest BCUT2D eigenvalue weighted by Gasteiger charge is 2.39. The summed E-state index contributed by atoms with van der Waals surface area (Å²) in [4.78, 5) is 3.51. The predicted octanol–water partition coefficient (Wildman–Crippen LogP) is 4.09. The van der Waals surface area contributed by atoms with E-state index in [4.69, 9.17) is 0 Å². The van der Waals surface area contributed by atoms with Gasteiger partial charge in [-0.1, -0.05) is 6.92 Å². The lowest BCUT2D eigenvalue weighted by molar-refractivity contribution is -0.146. The molecule has 1 rings (SSSR count). The van der Waals surface area contributed by atoms with E-state index in [1.807, 2.05) is 0 Å². The molecule has 1 atom stereocenters. The minimum Gasteiger partial charge on any atom is -0.310 e. The van der Waals surface area contributed by atoms with E-state index in [0.717, 1.165) is 12.4 Å². The molecular weight excluding hydrogens is 286 g/mol. The van der Waals surface area contributed by atoms with Gasteiger partial charge in [0.2, 0.25) is 0 Å². The molecule has 0 aliphatic heterocycles. The van der Waals surface area contributed by atoms with Gasteiger partial charge >= 0.3 is 12.4 Å². The Kier molecular flexibility index (Phi) is 5.38. The fraction of sp³-hybridized carbons (Fsp3) is 0.583. The Balaban J connectivity index is 3.13. The molecule has 0 aliphatic rings. The van der Waals surface area contributed by atoms with Gasteiger partial charge in [0.15, 0.2) is 0 Å². The zero-order chi connectivity index (χ0) is 15.4. The van der Waals surface area contributed by atoms with Crippen molar-refractivity contribution in [1.29, 1.82) is 0 Å². The summed E-state index contributed by atoms with van der Waals surface area (Å²) < 4.78 is 76.0. The monoisotopic (exact) mass is 300 g/mol. The van der Waals surface area contributed by atoms with Gasteiger partial charge < -0.3 is 5.32 Å². The van der Waals surface area contributed by atoms with Gasteiger partial charge in [-0.2, -0.15) is 26.3 Å². The summed E-state index contributed by atoms with van der Waals surface area (Å²) in [5.41, 5.74) is -1.57. The van der Waals surface area contributed by atoms with Crippen LogP contribution in [0.2, 0.25) is 0 Å². The topological polar surface area (TPSA) is 24.9 Å². The second kappa shape index (κ2) is 6.43. The van der Waals surface area contributed by atoms with Crippen LogP contribution in [0.4, 0.5) is 26.3 Å². The third-order valence-electron chi connectivity index (χ3n) is 2.61. The summed E-state index contributed by atoms with van der Waals surface area (Å²) in [5.74, 6) is 0. The minimum absolute atomic E-state index is 0.187. The fourth-order valence-corrected chi connectivity index (χ4v) is 1.78. The number of hydrogen-bond acceptors (Lipinski definition) is 2. The molecule has 1 heterocycles. The molecule has 0 amide bonds. The normalized spacial score (nSPS) is 14.3. The van der Waals surface area contributed by atoms with Crippen molar-refractivity contribution in [1.82, 2.24) is 10.3 Å². The van der Waals surface area contributed by atoms with E-state index in [0.29, 0.717) is 12.5 Å². The Morgan fingerprint density at radius 3 is 2.35 bits per heavy atom. The Morgan fingerprint density at radius 1 is 1.20 bits per heavy atom. The number of nitrogens with one attached hydrogen (secondary N) is 1. The van der Waals surface area contributed by atoms with Crippen LogP contribution in [0, 0.1) is 0 Å². The lowest BCUT2D eigenvalue weighted by atomic mass is 9.99. The van der Waals surface area contributed by atoms with Crippen LogP contribution in [-0.2, 0) is 6.18 Å². The van der Waals surface area contributed by atoms with E-state index < -0.39 is 35.9 Å². The molecule has 1 unspecified atom stereocenters. The van der Waals surface area contributed by atoms with Crippen molar-refractivity contribution in [3.63, 3.8) is 0 Å². The van der Waals surface area contributed by atoms with Gasteiger partial charge in [0.05, 0.1) is 12.0 Å². The highest BCUT2D eigenvalue weighted by molar-refractivity contribution is 5.29. The fourth-order valence-electron chi connectivity index (χ4n) is 1.78. The number of hydrogen-bond donors (Lipinski definition) is 1. The molecule has 1 aromatic heterocycles. The molecule has 0 aromatic carbocycles. The smallest absolute Gasteiger partial charge is 0.310 e. The summed E-state index contributed by atoms with van der Waals surface area (Å²) in [7, 11) is 0. The molecule has 114 valence electrons. The highest BCUT2D eigenvalue weighted by atomic mass is 19.4. The first kappa shape index (κ1) is 16.7. The first-order chi connectivity index (χ1) is 9.15. The standard InChI is InChI=1S/C12H14F6N2/c1-2-4-20-10(6-11(13,14)15)8-7-19-5-3-9(8)12(16,17)18/h3,5,7,10,20H,2,4,6H2,1H3. The van der Waals surface area contributed by atoms with Crippen molar-refractivity contribution in [2.45, 2.75) is 38.2 Å². The van der Waals surface area contributed by atoms with Crippen molar-refractivity contribution in [2.75, 3.05) is 6.54 Å². The molecule has 20 heavy (non-hydrogen) atoms. The molecule has 2 nitrogen and oxygen atoms in total. The SMILES string of the molecule is CCCNC(CC(F)(F)F)c1cnccc1C(F)(F)F. The Bertz CT molecular complexity index is 427. The number of pyridine rings is 1. The van der Waals surface area contributed by atoms with Crippen LogP contribution in [0.15, 0.2) is 18.5 Å². The molecule has 0 saturated heterocycles. The minimum atomic E-state index is -4.71. The highest BCUT2D eigenvalue weighted by Crippen LogP contribution is 2.37. The first-order valence-electron chi connectivity index (χ1n) is 5.96. The molecule has 0 spiro atoms. The second-order valence-corrected chi connectivity index (χ2v) is 4.29. The first-order valence-corrected chi connectivity index (χ1v) is 5.96. The number of nitrogens with zero attached hydrogens (tertiary/aromatic N) is 1. The van der Waals surface area contributed by atoms with Crippen LogP contribution < -0.4 is 5.32 Å². The maximum atomic E-state index is 12.8.